The standard InChI is InChI=1S/C7H11F3O/c1-3-4-6(2)11-5-7(8,9)10/h2-5H2,1H3. The molecule has 0 amide bonds. The molecule has 0 aromatic rings. The highest BCUT2D eigenvalue weighted by Crippen LogP contribution is 2.17. The van der Waals surface area contributed by atoms with E-state index in [1.54, 1.807) is 0 Å². The maximum atomic E-state index is 11.5. The van der Waals surface area contributed by atoms with E-state index < -0.39 is 12.8 Å². The molecule has 0 spiro atoms. The van der Waals surface area contributed by atoms with Gasteiger partial charge in [-0.1, -0.05) is 13.5 Å². The predicted molar refractivity (Wildman–Crippen MR) is 36.1 cm³/mol. The maximum absolute atomic E-state index is 11.5. The first-order chi connectivity index (χ1) is 4.95. The Morgan fingerprint density at radius 3 is 2.36 bits per heavy atom. The SMILES string of the molecule is C=C(CCC)OCC(F)(F)F. The molecule has 66 valence electrons. The summed E-state index contributed by atoms with van der Waals surface area (Å²) in [6.45, 7) is 3.94. The molecule has 0 radical (unpaired) electrons. The lowest BCUT2D eigenvalue weighted by molar-refractivity contribution is -0.165. The Balaban J connectivity index is 3.46. The first-order valence-corrected chi connectivity index (χ1v) is 3.33. The maximum Gasteiger partial charge on any atom is 0.422 e. The summed E-state index contributed by atoms with van der Waals surface area (Å²) in [5.41, 5.74) is 0. The fourth-order valence-corrected chi connectivity index (χ4v) is 0.535. The number of halogens is 3. The van der Waals surface area contributed by atoms with Crippen LogP contribution in [0.2, 0.25) is 0 Å². The van der Waals surface area contributed by atoms with Crippen LogP contribution in [-0.2, 0) is 4.74 Å². The Hall–Kier alpha value is -0.670. The summed E-state index contributed by atoms with van der Waals surface area (Å²) in [5.74, 6) is 0.199. The van der Waals surface area contributed by atoms with Gasteiger partial charge in [-0.05, 0) is 6.42 Å². The molecule has 4 heteroatoms. The molecule has 0 atom stereocenters. The van der Waals surface area contributed by atoms with E-state index in [1.165, 1.54) is 0 Å². The van der Waals surface area contributed by atoms with Crippen LogP contribution >= 0.6 is 0 Å². The van der Waals surface area contributed by atoms with E-state index in [4.69, 9.17) is 0 Å². The molecular formula is C7H11F3O. The van der Waals surface area contributed by atoms with E-state index in [0.717, 1.165) is 6.42 Å². The van der Waals surface area contributed by atoms with E-state index in [1.807, 2.05) is 6.92 Å². The Kier molecular flexibility index (Phi) is 4.00. The number of alkyl halides is 3. The van der Waals surface area contributed by atoms with Crippen molar-refractivity contribution >= 4 is 0 Å². The van der Waals surface area contributed by atoms with Gasteiger partial charge in [0.25, 0.3) is 0 Å². The van der Waals surface area contributed by atoms with Crippen molar-refractivity contribution in [2.45, 2.75) is 25.9 Å². The van der Waals surface area contributed by atoms with E-state index in [-0.39, 0.29) is 5.76 Å². The van der Waals surface area contributed by atoms with Crippen LogP contribution < -0.4 is 0 Å². The molecule has 11 heavy (non-hydrogen) atoms. The first kappa shape index (κ1) is 10.3. The Morgan fingerprint density at radius 1 is 1.45 bits per heavy atom. The fourth-order valence-electron chi connectivity index (χ4n) is 0.535. The second-order valence-corrected chi connectivity index (χ2v) is 2.19. The number of hydrogen-bond donors (Lipinski definition) is 0. The molecule has 0 rings (SSSR count). The van der Waals surface area contributed by atoms with Gasteiger partial charge < -0.3 is 4.74 Å². The largest absolute Gasteiger partial charge is 0.489 e. The summed E-state index contributed by atoms with van der Waals surface area (Å²) in [6, 6.07) is 0. The van der Waals surface area contributed by atoms with Gasteiger partial charge in [-0.3, -0.25) is 0 Å². The minimum Gasteiger partial charge on any atom is -0.489 e. The van der Waals surface area contributed by atoms with Gasteiger partial charge in [-0.25, -0.2) is 0 Å². The van der Waals surface area contributed by atoms with Crippen molar-refractivity contribution in [3.8, 4) is 0 Å². The van der Waals surface area contributed by atoms with Crippen LogP contribution in [0.3, 0.4) is 0 Å². The summed E-state index contributed by atoms with van der Waals surface area (Å²) < 4.78 is 38.8. The highest BCUT2D eigenvalue weighted by molar-refractivity contribution is 4.81. The molecule has 0 unspecified atom stereocenters. The molecule has 0 bridgehead atoms. The predicted octanol–water partition coefficient (Wildman–Crippen LogP) is 2.88. The molecule has 0 saturated carbocycles. The average molecular weight is 168 g/mol. The summed E-state index contributed by atoms with van der Waals surface area (Å²) in [7, 11) is 0. The molecule has 0 aromatic carbocycles. The Bertz CT molecular complexity index is 128. The minimum absolute atomic E-state index is 0.199. The molecule has 1 nitrogen and oxygen atoms in total. The summed E-state index contributed by atoms with van der Waals surface area (Å²) in [5, 5.41) is 0. The van der Waals surface area contributed by atoms with Crippen molar-refractivity contribution < 1.29 is 17.9 Å². The van der Waals surface area contributed by atoms with Crippen LogP contribution in [0, 0.1) is 0 Å². The zero-order valence-electron chi connectivity index (χ0n) is 6.37. The van der Waals surface area contributed by atoms with Crippen LogP contribution in [-0.4, -0.2) is 12.8 Å². The fraction of sp³-hybridized carbons (Fsp3) is 0.714. The van der Waals surface area contributed by atoms with E-state index in [9.17, 15) is 13.2 Å². The third-order valence-electron chi connectivity index (χ3n) is 0.969. The molecule has 0 fully saturated rings. The normalized spacial score (nSPS) is 11.3. The molecule has 0 heterocycles. The van der Waals surface area contributed by atoms with E-state index >= 15 is 0 Å². The summed E-state index contributed by atoms with van der Waals surface area (Å²) >= 11 is 0. The third kappa shape index (κ3) is 7.22. The number of ether oxygens (including phenoxy) is 1. The molecule has 0 N–H and O–H groups in total. The van der Waals surface area contributed by atoms with Gasteiger partial charge in [0.1, 0.15) is 0 Å². The van der Waals surface area contributed by atoms with Crippen molar-refractivity contribution in [1.82, 2.24) is 0 Å². The number of rotatable bonds is 4. The zero-order chi connectivity index (χ0) is 8.91. The van der Waals surface area contributed by atoms with Crippen molar-refractivity contribution in [3.05, 3.63) is 12.3 Å². The van der Waals surface area contributed by atoms with E-state index in [2.05, 4.69) is 11.3 Å². The number of hydrogen-bond acceptors (Lipinski definition) is 1. The molecule has 0 aromatic heterocycles. The highest BCUT2D eigenvalue weighted by Gasteiger charge is 2.28. The molecule has 0 saturated heterocycles. The van der Waals surface area contributed by atoms with Crippen LogP contribution in [0.1, 0.15) is 19.8 Å². The van der Waals surface area contributed by atoms with Crippen molar-refractivity contribution in [2.24, 2.45) is 0 Å². The second kappa shape index (κ2) is 4.26. The lowest BCUT2D eigenvalue weighted by Gasteiger charge is -2.09. The van der Waals surface area contributed by atoms with Gasteiger partial charge in [0.2, 0.25) is 0 Å². The van der Waals surface area contributed by atoms with Crippen LogP contribution in [0.4, 0.5) is 13.2 Å². The van der Waals surface area contributed by atoms with Gasteiger partial charge in [0.05, 0.1) is 5.76 Å². The molecular weight excluding hydrogens is 157 g/mol. The van der Waals surface area contributed by atoms with Crippen LogP contribution in [0.5, 0.6) is 0 Å². The lowest BCUT2D eigenvalue weighted by Crippen LogP contribution is -2.16. The summed E-state index contributed by atoms with van der Waals surface area (Å²) in [4.78, 5) is 0. The average Bonchev–Trinajstić information content (AvgIpc) is 1.83. The Morgan fingerprint density at radius 2 is 2.00 bits per heavy atom. The van der Waals surface area contributed by atoms with Crippen molar-refractivity contribution in [3.63, 3.8) is 0 Å². The minimum atomic E-state index is -4.25. The third-order valence-corrected chi connectivity index (χ3v) is 0.969. The van der Waals surface area contributed by atoms with Gasteiger partial charge in [0, 0.05) is 6.42 Å². The first-order valence-electron chi connectivity index (χ1n) is 3.33. The van der Waals surface area contributed by atoms with Gasteiger partial charge in [-0.15, -0.1) is 0 Å². The summed E-state index contributed by atoms with van der Waals surface area (Å²) in [6.07, 6.45) is -3.02. The Labute approximate surface area is 63.8 Å². The second-order valence-electron chi connectivity index (χ2n) is 2.19. The molecule has 0 aliphatic heterocycles. The van der Waals surface area contributed by atoms with Gasteiger partial charge >= 0.3 is 6.18 Å². The topological polar surface area (TPSA) is 9.23 Å². The van der Waals surface area contributed by atoms with Crippen LogP contribution in [0.15, 0.2) is 12.3 Å². The lowest BCUT2D eigenvalue weighted by atomic mass is 10.3. The molecule has 0 aliphatic rings. The van der Waals surface area contributed by atoms with Crippen molar-refractivity contribution in [2.75, 3.05) is 6.61 Å². The number of allylic oxidation sites excluding steroid dienone is 1. The zero-order valence-corrected chi connectivity index (χ0v) is 6.37. The van der Waals surface area contributed by atoms with Crippen LogP contribution in [0.25, 0.3) is 0 Å². The monoisotopic (exact) mass is 168 g/mol. The highest BCUT2D eigenvalue weighted by atomic mass is 19.4. The smallest absolute Gasteiger partial charge is 0.422 e. The molecule has 0 aliphatic carbocycles. The van der Waals surface area contributed by atoms with Gasteiger partial charge in [0.15, 0.2) is 6.61 Å². The van der Waals surface area contributed by atoms with E-state index in [0.29, 0.717) is 6.42 Å². The quantitative estimate of drug-likeness (QED) is 0.586. The van der Waals surface area contributed by atoms with Gasteiger partial charge in [-0.2, -0.15) is 13.2 Å². The van der Waals surface area contributed by atoms with Crippen molar-refractivity contribution in [1.29, 1.82) is 0 Å².